The van der Waals surface area contributed by atoms with Crippen LogP contribution in [0.1, 0.15) is 25.0 Å². The van der Waals surface area contributed by atoms with E-state index in [0.29, 0.717) is 6.54 Å². The highest BCUT2D eigenvalue weighted by atomic mass is 16.5. The summed E-state index contributed by atoms with van der Waals surface area (Å²) in [5.41, 5.74) is 2.14. The molecule has 1 unspecified atom stereocenters. The molecule has 3 rings (SSSR count). The van der Waals surface area contributed by atoms with Crippen molar-refractivity contribution in [3.05, 3.63) is 23.9 Å². The monoisotopic (exact) mass is 345 g/mol. The van der Waals surface area contributed by atoms with E-state index in [1.165, 1.54) is 0 Å². The van der Waals surface area contributed by atoms with Crippen molar-refractivity contribution in [3.63, 3.8) is 0 Å². The molecule has 25 heavy (non-hydrogen) atoms. The van der Waals surface area contributed by atoms with Gasteiger partial charge in [0.25, 0.3) is 0 Å². The van der Waals surface area contributed by atoms with Crippen LogP contribution in [0, 0.1) is 5.92 Å². The summed E-state index contributed by atoms with van der Waals surface area (Å²) in [6.45, 7) is 2.53. The van der Waals surface area contributed by atoms with Gasteiger partial charge in [0.2, 0.25) is 5.91 Å². The number of aromatic amines is 1. The van der Waals surface area contributed by atoms with Crippen LogP contribution >= 0.6 is 0 Å². The molecule has 2 aromatic rings. The Bertz CT molecular complexity index is 720. The van der Waals surface area contributed by atoms with E-state index in [9.17, 15) is 4.79 Å². The normalized spacial score (nSPS) is 17.4. The summed E-state index contributed by atoms with van der Waals surface area (Å²) in [7, 11) is 3.31. The van der Waals surface area contributed by atoms with Crippen LogP contribution < -0.4 is 20.1 Å². The summed E-state index contributed by atoms with van der Waals surface area (Å²) in [4.78, 5) is 15.5. The number of fused-ring (bicyclic) bond motifs is 1. The van der Waals surface area contributed by atoms with Gasteiger partial charge in [0.05, 0.1) is 25.7 Å². The molecule has 2 heterocycles. The topological polar surface area (TPSA) is 75.4 Å². The van der Waals surface area contributed by atoms with Gasteiger partial charge in [-0.05, 0) is 38.3 Å². The van der Waals surface area contributed by atoms with Gasteiger partial charge in [-0.25, -0.2) is 0 Å². The second-order valence-electron chi connectivity index (χ2n) is 6.52. The Hall–Kier alpha value is -2.21. The van der Waals surface area contributed by atoms with E-state index in [1.54, 1.807) is 14.2 Å². The molecule has 1 saturated heterocycles. The highest BCUT2D eigenvalue weighted by molar-refractivity contribution is 5.88. The molecule has 6 nitrogen and oxygen atoms in total. The third kappa shape index (κ3) is 4.25. The quantitative estimate of drug-likeness (QED) is 0.673. The highest BCUT2D eigenvalue weighted by Crippen LogP contribution is 2.31. The van der Waals surface area contributed by atoms with E-state index in [0.717, 1.165) is 66.9 Å². The number of nitrogens with one attached hydrogen (secondary N) is 3. The van der Waals surface area contributed by atoms with Crippen LogP contribution in [0.4, 0.5) is 0 Å². The van der Waals surface area contributed by atoms with Crippen LogP contribution in [-0.4, -0.2) is 44.7 Å². The van der Waals surface area contributed by atoms with Gasteiger partial charge in [-0.1, -0.05) is 0 Å². The maximum Gasteiger partial charge on any atom is 0.224 e. The van der Waals surface area contributed by atoms with Gasteiger partial charge in [0.15, 0.2) is 0 Å². The van der Waals surface area contributed by atoms with E-state index in [-0.39, 0.29) is 11.8 Å². The first-order valence-electron chi connectivity index (χ1n) is 8.93. The van der Waals surface area contributed by atoms with Gasteiger partial charge in [-0.15, -0.1) is 0 Å². The maximum atomic E-state index is 12.1. The van der Waals surface area contributed by atoms with E-state index < -0.39 is 0 Å². The number of hydrogen-bond donors (Lipinski definition) is 3. The van der Waals surface area contributed by atoms with Crippen LogP contribution in [-0.2, 0) is 11.2 Å². The highest BCUT2D eigenvalue weighted by Gasteiger charge is 2.20. The third-order valence-electron chi connectivity index (χ3n) is 4.77. The van der Waals surface area contributed by atoms with Gasteiger partial charge < -0.3 is 25.1 Å². The van der Waals surface area contributed by atoms with Crippen LogP contribution in [0.15, 0.2) is 18.2 Å². The lowest BCUT2D eigenvalue weighted by Crippen LogP contribution is -2.40. The molecule has 1 aromatic carbocycles. The molecule has 1 aromatic heterocycles. The third-order valence-corrected chi connectivity index (χ3v) is 4.77. The zero-order valence-corrected chi connectivity index (χ0v) is 15.0. The number of ether oxygens (including phenoxy) is 2. The number of H-pyrrole nitrogens is 1. The van der Waals surface area contributed by atoms with Gasteiger partial charge in [0.1, 0.15) is 11.5 Å². The van der Waals surface area contributed by atoms with Gasteiger partial charge in [-0.2, -0.15) is 0 Å². The number of aromatic nitrogens is 1. The molecular formula is C19H27N3O3. The lowest BCUT2D eigenvalue weighted by molar-refractivity contribution is -0.125. The van der Waals surface area contributed by atoms with Crippen LogP contribution in [0.25, 0.3) is 10.9 Å². The van der Waals surface area contributed by atoms with E-state index in [4.69, 9.17) is 9.47 Å². The molecule has 0 radical (unpaired) electrons. The number of carbonyl (C=O) groups is 1. The molecule has 136 valence electrons. The average Bonchev–Trinajstić information content (AvgIpc) is 3.07. The van der Waals surface area contributed by atoms with Crippen LogP contribution in [0.5, 0.6) is 11.5 Å². The predicted molar refractivity (Wildman–Crippen MR) is 98.3 cm³/mol. The van der Waals surface area contributed by atoms with Crippen molar-refractivity contribution in [2.75, 3.05) is 33.9 Å². The van der Waals surface area contributed by atoms with E-state index >= 15 is 0 Å². The van der Waals surface area contributed by atoms with E-state index in [1.807, 2.05) is 12.1 Å². The molecule has 0 aliphatic carbocycles. The second-order valence-corrected chi connectivity index (χ2v) is 6.52. The SMILES string of the molecule is COc1cc(OC)c2cc(CCCNC(=O)C3CCCNC3)[nH]c2c1. The predicted octanol–water partition coefficient (Wildman–Crippen LogP) is 2.23. The average molecular weight is 345 g/mol. The summed E-state index contributed by atoms with van der Waals surface area (Å²) in [6.07, 6.45) is 3.85. The summed E-state index contributed by atoms with van der Waals surface area (Å²) in [5, 5.41) is 7.39. The van der Waals surface area contributed by atoms with Crippen molar-refractivity contribution in [1.29, 1.82) is 0 Å². The summed E-state index contributed by atoms with van der Waals surface area (Å²) in [5.74, 6) is 1.87. The molecule has 0 saturated carbocycles. The van der Waals surface area contributed by atoms with Crippen molar-refractivity contribution < 1.29 is 14.3 Å². The number of hydrogen-bond acceptors (Lipinski definition) is 4. The first kappa shape index (κ1) is 17.6. The molecule has 1 aliphatic heterocycles. The Kier molecular flexibility index (Phi) is 5.81. The lowest BCUT2D eigenvalue weighted by atomic mass is 9.99. The first-order chi connectivity index (χ1) is 12.2. The molecule has 1 fully saturated rings. The molecular weight excluding hydrogens is 318 g/mol. The van der Waals surface area contributed by atoms with Crippen LogP contribution in [0.3, 0.4) is 0 Å². The molecule has 6 heteroatoms. The number of methoxy groups -OCH3 is 2. The van der Waals surface area contributed by atoms with Crippen molar-refractivity contribution in [1.82, 2.24) is 15.6 Å². The van der Waals surface area contributed by atoms with Crippen LogP contribution in [0.2, 0.25) is 0 Å². The summed E-state index contributed by atoms with van der Waals surface area (Å²) >= 11 is 0. The van der Waals surface area contributed by atoms with Crippen molar-refractivity contribution in [2.24, 2.45) is 5.92 Å². The fraction of sp³-hybridized carbons (Fsp3) is 0.526. The molecule has 0 bridgehead atoms. The molecule has 1 amide bonds. The van der Waals surface area contributed by atoms with Crippen molar-refractivity contribution in [2.45, 2.75) is 25.7 Å². The van der Waals surface area contributed by atoms with E-state index in [2.05, 4.69) is 21.7 Å². The standard InChI is InChI=1S/C19H27N3O3/c1-24-15-10-17-16(18(11-15)25-2)9-14(22-17)6-4-8-21-19(23)13-5-3-7-20-12-13/h9-11,13,20,22H,3-8,12H2,1-2H3,(H,21,23). The maximum absolute atomic E-state index is 12.1. The zero-order chi connectivity index (χ0) is 17.6. The Morgan fingerprint density at radius 2 is 2.16 bits per heavy atom. The minimum absolute atomic E-state index is 0.124. The van der Waals surface area contributed by atoms with Gasteiger partial charge >= 0.3 is 0 Å². The first-order valence-corrected chi connectivity index (χ1v) is 8.93. The van der Waals surface area contributed by atoms with Crippen molar-refractivity contribution in [3.8, 4) is 11.5 Å². The van der Waals surface area contributed by atoms with Gasteiger partial charge in [-0.3, -0.25) is 4.79 Å². The Morgan fingerprint density at radius 3 is 2.88 bits per heavy atom. The molecule has 1 aliphatic rings. The Labute approximate surface area is 148 Å². The smallest absolute Gasteiger partial charge is 0.224 e. The van der Waals surface area contributed by atoms with Crippen molar-refractivity contribution >= 4 is 16.8 Å². The number of aryl methyl sites for hydroxylation is 1. The fourth-order valence-corrected chi connectivity index (χ4v) is 3.37. The second kappa shape index (κ2) is 8.25. The zero-order valence-electron chi connectivity index (χ0n) is 15.0. The number of amides is 1. The largest absolute Gasteiger partial charge is 0.497 e. The number of piperidine rings is 1. The number of benzene rings is 1. The summed E-state index contributed by atoms with van der Waals surface area (Å²) < 4.78 is 10.7. The Balaban J connectivity index is 1.53. The minimum Gasteiger partial charge on any atom is -0.497 e. The molecule has 1 atom stereocenters. The molecule has 3 N–H and O–H groups in total. The summed E-state index contributed by atoms with van der Waals surface area (Å²) in [6, 6.07) is 5.97. The Morgan fingerprint density at radius 1 is 1.28 bits per heavy atom. The number of carbonyl (C=O) groups excluding carboxylic acids is 1. The molecule has 0 spiro atoms. The number of rotatable bonds is 7. The lowest BCUT2D eigenvalue weighted by Gasteiger charge is -2.21. The van der Waals surface area contributed by atoms with Gasteiger partial charge in [0, 0.05) is 36.3 Å². The minimum atomic E-state index is 0.124. The fourth-order valence-electron chi connectivity index (χ4n) is 3.37.